The lowest BCUT2D eigenvalue weighted by Gasteiger charge is -2.37. The van der Waals surface area contributed by atoms with Gasteiger partial charge in [-0.25, -0.2) is 9.97 Å². The summed E-state index contributed by atoms with van der Waals surface area (Å²) in [6.45, 7) is 0.624. The highest BCUT2D eigenvalue weighted by Crippen LogP contribution is 2.29. The van der Waals surface area contributed by atoms with Crippen molar-refractivity contribution in [2.45, 2.75) is 37.6 Å². The molecule has 0 aromatic carbocycles. The Kier molecular flexibility index (Phi) is 3.61. The van der Waals surface area contributed by atoms with Gasteiger partial charge >= 0.3 is 0 Å². The second-order valence-electron chi connectivity index (χ2n) is 4.40. The van der Waals surface area contributed by atoms with Crippen molar-refractivity contribution in [3.63, 3.8) is 0 Å². The molecule has 3 N–H and O–H groups in total. The topological polar surface area (TPSA) is 63.8 Å². The molecule has 1 saturated carbocycles. The number of nitrogens with two attached hydrogens (primary N) is 1. The van der Waals surface area contributed by atoms with E-state index in [4.69, 9.17) is 17.3 Å². The summed E-state index contributed by atoms with van der Waals surface area (Å²) in [5, 5.41) is 3.92. The lowest BCUT2D eigenvalue weighted by Crippen LogP contribution is -2.47. The molecule has 1 heterocycles. The molecular formula is C11H17ClN4. The average molecular weight is 241 g/mol. The van der Waals surface area contributed by atoms with Crippen LogP contribution in [0.1, 0.15) is 32.1 Å². The van der Waals surface area contributed by atoms with Gasteiger partial charge in [-0.1, -0.05) is 30.9 Å². The first-order valence-electron chi connectivity index (χ1n) is 5.70. The molecule has 0 amide bonds. The maximum atomic E-state index is 5.87. The van der Waals surface area contributed by atoms with Gasteiger partial charge in [-0.3, -0.25) is 0 Å². The van der Waals surface area contributed by atoms with Crippen LogP contribution in [0.5, 0.6) is 0 Å². The second-order valence-corrected chi connectivity index (χ2v) is 4.83. The van der Waals surface area contributed by atoms with E-state index in [2.05, 4.69) is 15.3 Å². The zero-order valence-electron chi connectivity index (χ0n) is 9.25. The van der Waals surface area contributed by atoms with Gasteiger partial charge in [0.2, 0.25) is 5.95 Å². The van der Waals surface area contributed by atoms with Crippen LogP contribution in [0.2, 0.25) is 5.02 Å². The van der Waals surface area contributed by atoms with Crippen molar-refractivity contribution in [2.75, 3.05) is 11.9 Å². The van der Waals surface area contributed by atoms with Gasteiger partial charge in [-0.05, 0) is 12.8 Å². The van der Waals surface area contributed by atoms with Crippen molar-refractivity contribution in [3.8, 4) is 0 Å². The Morgan fingerprint density at radius 2 is 1.88 bits per heavy atom. The van der Waals surface area contributed by atoms with Crippen molar-refractivity contribution in [1.29, 1.82) is 0 Å². The van der Waals surface area contributed by atoms with Crippen LogP contribution in [-0.4, -0.2) is 22.1 Å². The zero-order valence-corrected chi connectivity index (χ0v) is 10.0. The van der Waals surface area contributed by atoms with E-state index < -0.39 is 0 Å². The molecule has 1 fully saturated rings. The first-order chi connectivity index (χ1) is 7.74. The fourth-order valence-corrected chi connectivity index (χ4v) is 2.32. The number of hydrogen-bond donors (Lipinski definition) is 2. The van der Waals surface area contributed by atoms with E-state index in [1.54, 1.807) is 12.4 Å². The van der Waals surface area contributed by atoms with Crippen LogP contribution in [0.25, 0.3) is 0 Å². The molecule has 2 rings (SSSR count). The largest absolute Gasteiger partial charge is 0.348 e. The molecular weight excluding hydrogens is 224 g/mol. The van der Waals surface area contributed by atoms with Gasteiger partial charge in [0.15, 0.2) is 0 Å². The summed E-state index contributed by atoms with van der Waals surface area (Å²) in [4.78, 5) is 8.31. The van der Waals surface area contributed by atoms with Crippen molar-refractivity contribution < 1.29 is 0 Å². The number of nitrogens with zero attached hydrogens (tertiary/aromatic N) is 2. The monoisotopic (exact) mass is 240 g/mol. The van der Waals surface area contributed by atoms with Gasteiger partial charge in [0.25, 0.3) is 0 Å². The van der Waals surface area contributed by atoms with Crippen LogP contribution in [-0.2, 0) is 0 Å². The van der Waals surface area contributed by atoms with Crippen LogP contribution < -0.4 is 11.1 Å². The summed E-state index contributed by atoms with van der Waals surface area (Å²) in [7, 11) is 0. The fraction of sp³-hybridized carbons (Fsp3) is 0.636. The van der Waals surface area contributed by atoms with Gasteiger partial charge in [-0.2, -0.15) is 0 Å². The second kappa shape index (κ2) is 4.97. The molecule has 0 aliphatic heterocycles. The molecule has 0 radical (unpaired) electrons. The molecule has 1 aliphatic carbocycles. The van der Waals surface area contributed by atoms with Crippen LogP contribution in [0.3, 0.4) is 0 Å². The predicted molar refractivity (Wildman–Crippen MR) is 65.5 cm³/mol. The maximum Gasteiger partial charge on any atom is 0.223 e. The molecule has 0 atom stereocenters. The van der Waals surface area contributed by atoms with E-state index in [0.29, 0.717) is 17.5 Å². The highest BCUT2D eigenvalue weighted by molar-refractivity contribution is 6.30. The Hall–Kier alpha value is -0.870. The van der Waals surface area contributed by atoms with E-state index in [1.165, 1.54) is 19.3 Å². The molecule has 5 heteroatoms. The SMILES string of the molecule is NCC1(Nc2ncc(Cl)cn2)CCCCC1. The Morgan fingerprint density at radius 3 is 2.44 bits per heavy atom. The first-order valence-corrected chi connectivity index (χ1v) is 6.08. The highest BCUT2D eigenvalue weighted by atomic mass is 35.5. The Labute approximate surface area is 101 Å². The number of halogens is 1. The average Bonchev–Trinajstić information content (AvgIpc) is 2.33. The van der Waals surface area contributed by atoms with Gasteiger partial charge < -0.3 is 11.1 Å². The summed E-state index contributed by atoms with van der Waals surface area (Å²) in [5.41, 5.74) is 5.85. The van der Waals surface area contributed by atoms with E-state index in [-0.39, 0.29) is 5.54 Å². The first kappa shape index (κ1) is 11.6. The summed E-state index contributed by atoms with van der Waals surface area (Å²) >= 11 is 5.75. The molecule has 0 spiro atoms. The Balaban J connectivity index is 2.08. The summed E-state index contributed by atoms with van der Waals surface area (Å²) < 4.78 is 0. The third kappa shape index (κ3) is 2.62. The van der Waals surface area contributed by atoms with Crippen molar-refractivity contribution in [3.05, 3.63) is 17.4 Å². The minimum atomic E-state index is -0.0217. The number of anilines is 1. The summed E-state index contributed by atoms with van der Waals surface area (Å²) in [6.07, 6.45) is 9.12. The predicted octanol–water partition coefficient (Wildman–Crippen LogP) is 2.20. The van der Waals surface area contributed by atoms with Crippen molar-refractivity contribution in [2.24, 2.45) is 5.73 Å². The zero-order chi connectivity index (χ0) is 11.4. The smallest absolute Gasteiger partial charge is 0.223 e. The molecule has 1 aromatic rings. The Bertz CT molecular complexity index is 332. The molecule has 16 heavy (non-hydrogen) atoms. The number of rotatable bonds is 3. The van der Waals surface area contributed by atoms with Gasteiger partial charge in [0.05, 0.1) is 23.0 Å². The standard InChI is InChI=1S/C11H17ClN4/c12-9-6-14-10(15-7-9)16-11(8-13)4-2-1-3-5-11/h6-7H,1-5,8,13H2,(H,14,15,16). The lowest BCUT2D eigenvalue weighted by atomic mass is 9.82. The van der Waals surface area contributed by atoms with Crippen molar-refractivity contribution >= 4 is 17.5 Å². The van der Waals surface area contributed by atoms with Gasteiger partial charge in [0.1, 0.15) is 0 Å². The van der Waals surface area contributed by atoms with E-state index in [9.17, 15) is 0 Å². The normalized spacial score (nSPS) is 19.4. The molecule has 88 valence electrons. The van der Waals surface area contributed by atoms with Crippen LogP contribution >= 0.6 is 11.6 Å². The number of hydrogen-bond acceptors (Lipinski definition) is 4. The van der Waals surface area contributed by atoms with E-state index in [0.717, 1.165) is 12.8 Å². The quantitative estimate of drug-likeness (QED) is 0.850. The molecule has 1 aliphatic rings. The molecule has 0 unspecified atom stereocenters. The highest BCUT2D eigenvalue weighted by Gasteiger charge is 2.30. The van der Waals surface area contributed by atoms with Crippen LogP contribution in [0.15, 0.2) is 12.4 Å². The van der Waals surface area contributed by atoms with Crippen LogP contribution in [0.4, 0.5) is 5.95 Å². The molecule has 1 aromatic heterocycles. The molecule has 4 nitrogen and oxygen atoms in total. The minimum absolute atomic E-state index is 0.0217. The third-order valence-corrected chi connectivity index (χ3v) is 3.39. The third-order valence-electron chi connectivity index (χ3n) is 3.20. The maximum absolute atomic E-state index is 5.87. The summed E-state index contributed by atoms with van der Waals surface area (Å²) in [5.74, 6) is 0.622. The minimum Gasteiger partial charge on any atom is -0.348 e. The van der Waals surface area contributed by atoms with E-state index >= 15 is 0 Å². The van der Waals surface area contributed by atoms with Gasteiger partial charge in [-0.15, -0.1) is 0 Å². The molecule has 0 saturated heterocycles. The Morgan fingerprint density at radius 1 is 1.25 bits per heavy atom. The lowest BCUT2D eigenvalue weighted by molar-refractivity contribution is 0.329. The van der Waals surface area contributed by atoms with Gasteiger partial charge in [0, 0.05) is 6.54 Å². The summed E-state index contributed by atoms with van der Waals surface area (Å²) in [6, 6.07) is 0. The number of nitrogens with one attached hydrogen (secondary N) is 1. The van der Waals surface area contributed by atoms with Crippen molar-refractivity contribution in [1.82, 2.24) is 9.97 Å². The van der Waals surface area contributed by atoms with E-state index in [1.807, 2.05) is 0 Å². The molecule has 0 bridgehead atoms. The van der Waals surface area contributed by atoms with Crippen LogP contribution in [0, 0.1) is 0 Å². The fourth-order valence-electron chi connectivity index (χ4n) is 2.22. The number of aromatic nitrogens is 2.